The summed E-state index contributed by atoms with van der Waals surface area (Å²) in [7, 11) is 0. The highest BCUT2D eigenvalue weighted by Crippen LogP contribution is 2.39. The molecule has 2 aliphatic rings. The van der Waals surface area contributed by atoms with E-state index in [4.69, 9.17) is 0 Å². The van der Waals surface area contributed by atoms with Crippen molar-refractivity contribution in [3.63, 3.8) is 0 Å². The number of hydrogen-bond donors (Lipinski definition) is 1. The van der Waals surface area contributed by atoms with Crippen molar-refractivity contribution >= 4 is 17.7 Å². The minimum Gasteiger partial charge on any atom is -0.478 e. The van der Waals surface area contributed by atoms with E-state index in [9.17, 15) is 14.3 Å². The van der Waals surface area contributed by atoms with Gasteiger partial charge in [-0.2, -0.15) is 0 Å². The van der Waals surface area contributed by atoms with Crippen LogP contribution < -0.4 is 0 Å². The van der Waals surface area contributed by atoms with Crippen molar-refractivity contribution in [2.24, 2.45) is 0 Å². The molecule has 0 aliphatic carbocycles. The van der Waals surface area contributed by atoms with Gasteiger partial charge in [-0.3, -0.25) is 4.90 Å². The van der Waals surface area contributed by atoms with Gasteiger partial charge in [0, 0.05) is 19.6 Å². The molecule has 0 bridgehead atoms. The highest BCUT2D eigenvalue weighted by molar-refractivity contribution is 8.03. The smallest absolute Gasteiger partial charge is 0.338 e. The number of nitrogens with zero attached hydrogens (tertiary/aromatic N) is 2. The molecule has 0 saturated heterocycles. The quantitative estimate of drug-likeness (QED) is 0.709. The molecule has 2 heterocycles. The lowest BCUT2D eigenvalue weighted by Gasteiger charge is -2.42. The van der Waals surface area contributed by atoms with Gasteiger partial charge in [-0.15, -0.1) is 11.8 Å². The Morgan fingerprint density at radius 1 is 1.17 bits per heavy atom. The molecule has 2 aromatic carbocycles. The number of carboxylic acid groups (broad SMARTS) is 1. The summed E-state index contributed by atoms with van der Waals surface area (Å²) in [5.41, 5.74) is 4.53. The van der Waals surface area contributed by atoms with E-state index < -0.39 is 5.97 Å². The first-order valence-electron chi connectivity index (χ1n) is 10.1. The first kappa shape index (κ1) is 20.7. The molecule has 30 heavy (non-hydrogen) atoms. The van der Waals surface area contributed by atoms with Crippen LogP contribution in [0.5, 0.6) is 0 Å². The second-order valence-corrected chi connectivity index (χ2v) is 8.87. The third-order valence-electron chi connectivity index (χ3n) is 5.56. The second kappa shape index (κ2) is 8.66. The lowest BCUT2D eigenvalue weighted by Crippen LogP contribution is -2.46. The number of hydrogen-bond acceptors (Lipinski definition) is 4. The standard InChI is InChI=1S/C24H25FN2O2S/c1-3-30-23-22(24(28)29)16(2)11-21(26-14-18-8-4-5-9-19(18)15-26)27(23)13-17-7-6-10-20(25)12-17/h4-12,21H,3,13-15H2,1-2H3,(H,28,29). The van der Waals surface area contributed by atoms with Crippen LogP contribution in [0.1, 0.15) is 30.5 Å². The van der Waals surface area contributed by atoms with Gasteiger partial charge in [0.15, 0.2) is 0 Å². The third-order valence-corrected chi connectivity index (χ3v) is 6.56. The highest BCUT2D eigenvalue weighted by atomic mass is 32.2. The largest absolute Gasteiger partial charge is 0.478 e. The molecule has 1 unspecified atom stereocenters. The minimum atomic E-state index is -0.924. The molecule has 0 radical (unpaired) electrons. The van der Waals surface area contributed by atoms with Gasteiger partial charge in [-0.1, -0.05) is 43.3 Å². The third kappa shape index (κ3) is 4.02. The van der Waals surface area contributed by atoms with Crippen molar-refractivity contribution in [3.8, 4) is 0 Å². The molecular formula is C24H25FN2O2S. The van der Waals surface area contributed by atoms with Crippen LogP contribution in [0, 0.1) is 5.82 Å². The Balaban J connectivity index is 1.75. The maximum absolute atomic E-state index is 13.9. The Labute approximate surface area is 180 Å². The van der Waals surface area contributed by atoms with E-state index >= 15 is 0 Å². The van der Waals surface area contributed by atoms with Crippen molar-refractivity contribution in [2.75, 3.05) is 5.75 Å². The highest BCUT2D eigenvalue weighted by Gasteiger charge is 2.36. The van der Waals surface area contributed by atoms with Crippen LogP contribution >= 0.6 is 11.8 Å². The van der Waals surface area contributed by atoms with E-state index in [1.54, 1.807) is 6.07 Å². The van der Waals surface area contributed by atoms with Gasteiger partial charge >= 0.3 is 5.97 Å². The Morgan fingerprint density at radius 3 is 2.47 bits per heavy atom. The summed E-state index contributed by atoms with van der Waals surface area (Å²) in [5.74, 6) is -0.452. The zero-order chi connectivity index (χ0) is 21.3. The topological polar surface area (TPSA) is 43.8 Å². The number of thioether (sulfide) groups is 1. The van der Waals surface area contributed by atoms with Crippen LogP contribution in [0.4, 0.5) is 4.39 Å². The van der Waals surface area contributed by atoms with E-state index in [0.29, 0.717) is 12.1 Å². The average Bonchev–Trinajstić information content (AvgIpc) is 3.14. The van der Waals surface area contributed by atoms with Crippen LogP contribution in [0.3, 0.4) is 0 Å². The molecule has 1 N–H and O–H groups in total. The molecular weight excluding hydrogens is 399 g/mol. The van der Waals surface area contributed by atoms with Crippen LogP contribution in [0.2, 0.25) is 0 Å². The lowest BCUT2D eigenvalue weighted by atomic mass is 10.0. The van der Waals surface area contributed by atoms with Crippen molar-refractivity contribution < 1.29 is 14.3 Å². The average molecular weight is 425 g/mol. The molecule has 1 atom stereocenters. The number of rotatable bonds is 6. The lowest BCUT2D eigenvalue weighted by molar-refractivity contribution is -0.132. The van der Waals surface area contributed by atoms with Gasteiger partial charge in [0.05, 0.1) is 10.6 Å². The van der Waals surface area contributed by atoms with Gasteiger partial charge in [0.25, 0.3) is 0 Å². The molecule has 2 aliphatic heterocycles. The first-order chi connectivity index (χ1) is 14.5. The Bertz CT molecular complexity index is 1010. The molecule has 4 nitrogen and oxygen atoms in total. The van der Waals surface area contributed by atoms with Crippen LogP contribution in [-0.2, 0) is 24.4 Å². The number of benzene rings is 2. The summed E-state index contributed by atoms with van der Waals surface area (Å²) in [6.07, 6.45) is 1.94. The number of fused-ring (bicyclic) bond motifs is 1. The van der Waals surface area contributed by atoms with Crippen molar-refractivity contribution in [3.05, 3.63) is 93.3 Å². The molecule has 0 saturated carbocycles. The minimum absolute atomic E-state index is 0.0992. The van der Waals surface area contributed by atoms with E-state index in [1.165, 1.54) is 35.0 Å². The predicted octanol–water partition coefficient (Wildman–Crippen LogP) is 4.98. The van der Waals surface area contributed by atoms with Crippen LogP contribution in [0.25, 0.3) is 0 Å². The van der Waals surface area contributed by atoms with E-state index in [1.807, 2.05) is 26.0 Å². The summed E-state index contributed by atoms with van der Waals surface area (Å²) in [4.78, 5) is 16.6. The van der Waals surface area contributed by atoms with Crippen molar-refractivity contribution in [1.29, 1.82) is 0 Å². The SMILES string of the molecule is CCSC1=C(C(=O)O)C(C)=CC(N2Cc3ccccc3C2)N1Cc1cccc(F)c1. The zero-order valence-electron chi connectivity index (χ0n) is 17.1. The Kier molecular flexibility index (Phi) is 5.97. The molecule has 4 rings (SSSR count). The summed E-state index contributed by atoms with van der Waals surface area (Å²) in [6, 6.07) is 14.9. The molecule has 0 spiro atoms. The number of aliphatic carboxylic acids is 1. The molecule has 6 heteroatoms. The fraction of sp³-hybridized carbons (Fsp3) is 0.292. The van der Waals surface area contributed by atoms with Gasteiger partial charge in [0.2, 0.25) is 0 Å². The molecule has 2 aromatic rings. The zero-order valence-corrected chi connectivity index (χ0v) is 18.0. The van der Waals surface area contributed by atoms with Gasteiger partial charge in [-0.05, 0) is 53.1 Å². The van der Waals surface area contributed by atoms with Crippen LogP contribution in [-0.4, -0.2) is 32.8 Å². The molecule has 0 amide bonds. The predicted molar refractivity (Wildman–Crippen MR) is 118 cm³/mol. The maximum Gasteiger partial charge on any atom is 0.338 e. The fourth-order valence-corrected chi connectivity index (χ4v) is 5.23. The monoisotopic (exact) mass is 424 g/mol. The van der Waals surface area contributed by atoms with E-state index in [2.05, 4.69) is 34.1 Å². The number of carboxylic acids is 1. The molecule has 0 aromatic heterocycles. The summed E-state index contributed by atoms with van der Waals surface area (Å²) in [5, 5.41) is 10.7. The second-order valence-electron chi connectivity index (χ2n) is 7.61. The number of halogens is 1. The normalized spacial score (nSPS) is 19.1. The fourth-order valence-electron chi connectivity index (χ4n) is 4.23. The van der Waals surface area contributed by atoms with Crippen molar-refractivity contribution in [2.45, 2.75) is 39.6 Å². The molecule has 0 fully saturated rings. The Hall–Kier alpha value is -2.57. The van der Waals surface area contributed by atoms with Gasteiger partial charge in [0.1, 0.15) is 12.0 Å². The van der Waals surface area contributed by atoms with Gasteiger partial charge < -0.3 is 10.0 Å². The molecule has 156 valence electrons. The Morgan fingerprint density at radius 2 is 1.87 bits per heavy atom. The van der Waals surface area contributed by atoms with Crippen molar-refractivity contribution in [1.82, 2.24) is 9.80 Å². The summed E-state index contributed by atoms with van der Waals surface area (Å²) < 4.78 is 13.9. The summed E-state index contributed by atoms with van der Waals surface area (Å²) >= 11 is 1.53. The summed E-state index contributed by atoms with van der Waals surface area (Å²) in [6.45, 7) is 5.94. The number of carbonyl (C=O) groups is 1. The van der Waals surface area contributed by atoms with E-state index in [0.717, 1.165) is 35.0 Å². The maximum atomic E-state index is 13.9. The van der Waals surface area contributed by atoms with Crippen LogP contribution in [0.15, 0.2) is 70.8 Å². The van der Waals surface area contributed by atoms with Gasteiger partial charge in [-0.25, -0.2) is 9.18 Å². The first-order valence-corrected chi connectivity index (χ1v) is 11.1. The van der Waals surface area contributed by atoms with E-state index in [-0.39, 0.29) is 12.0 Å².